The first-order chi connectivity index (χ1) is 15.0. The van der Waals surface area contributed by atoms with E-state index >= 15 is 0 Å². The Morgan fingerprint density at radius 1 is 1.19 bits per heavy atom. The number of nitrogens with one attached hydrogen (secondary N) is 1. The van der Waals surface area contributed by atoms with Crippen molar-refractivity contribution >= 4 is 17.0 Å². The summed E-state index contributed by atoms with van der Waals surface area (Å²) in [4.78, 5) is 31.5. The van der Waals surface area contributed by atoms with E-state index in [0.717, 1.165) is 30.3 Å². The molecule has 3 N–H and O–H groups in total. The lowest BCUT2D eigenvalue weighted by molar-refractivity contribution is 0.0495. The second kappa shape index (κ2) is 9.14. The Morgan fingerprint density at radius 2 is 1.97 bits per heavy atom. The summed E-state index contributed by atoms with van der Waals surface area (Å²) in [6.07, 6.45) is 8.63. The van der Waals surface area contributed by atoms with E-state index in [1.165, 1.54) is 24.8 Å². The number of hydrogen-bond acceptors (Lipinski definition) is 6. The molecule has 1 fully saturated rings. The first kappa shape index (κ1) is 21.4. The van der Waals surface area contributed by atoms with Gasteiger partial charge in [-0.25, -0.2) is 15.0 Å². The van der Waals surface area contributed by atoms with Gasteiger partial charge in [0, 0.05) is 24.3 Å². The molecule has 7 nitrogen and oxygen atoms in total. The van der Waals surface area contributed by atoms with Gasteiger partial charge in [-0.3, -0.25) is 9.69 Å². The summed E-state index contributed by atoms with van der Waals surface area (Å²) in [5.74, 6) is 0.129. The van der Waals surface area contributed by atoms with Crippen molar-refractivity contribution in [2.45, 2.75) is 77.4 Å². The Labute approximate surface area is 183 Å². The molecule has 3 aromatic rings. The molecule has 0 amide bonds. The molecule has 0 bridgehead atoms. The van der Waals surface area contributed by atoms with Crippen molar-refractivity contribution in [3.05, 3.63) is 46.4 Å². The van der Waals surface area contributed by atoms with Crippen LogP contribution in [0, 0.1) is 0 Å². The normalized spacial score (nSPS) is 20.7. The predicted octanol–water partition coefficient (Wildman–Crippen LogP) is 4.46. The second-order valence-corrected chi connectivity index (χ2v) is 8.69. The smallest absolute Gasteiger partial charge is 0.276 e. The number of hydrogen-bond donors (Lipinski definition) is 2. The van der Waals surface area contributed by atoms with Crippen LogP contribution in [0.5, 0.6) is 0 Å². The maximum absolute atomic E-state index is 12.8. The van der Waals surface area contributed by atoms with Crippen molar-refractivity contribution in [2.24, 2.45) is 0 Å². The summed E-state index contributed by atoms with van der Waals surface area (Å²) in [6.45, 7) is 6.91. The Morgan fingerprint density at radius 3 is 2.68 bits per heavy atom. The number of nitrogen functional groups attached to an aromatic ring is 1. The molecule has 0 aliphatic carbocycles. The van der Waals surface area contributed by atoms with Gasteiger partial charge in [-0.2, -0.15) is 0 Å². The Kier molecular flexibility index (Phi) is 6.32. The number of nitrogens with two attached hydrogens (primary N) is 1. The zero-order chi connectivity index (χ0) is 22.0. The van der Waals surface area contributed by atoms with E-state index in [4.69, 9.17) is 10.7 Å². The number of fused-ring (bicyclic) bond motifs is 1. The fourth-order valence-corrected chi connectivity index (χ4v) is 5.00. The summed E-state index contributed by atoms with van der Waals surface area (Å²) < 4.78 is 0. The van der Waals surface area contributed by atoms with E-state index in [0.29, 0.717) is 17.8 Å². The van der Waals surface area contributed by atoms with Crippen LogP contribution in [0.1, 0.15) is 70.9 Å². The van der Waals surface area contributed by atoms with Gasteiger partial charge in [0.25, 0.3) is 5.56 Å². The maximum atomic E-state index is 12.8. The standard InChI is InChI=1S/C24H32N6O/c1-4-5-12-20(30-15(2)8-6-9-16(30)3)17-10-7-11-18-21(17)29-22(23(31)27-18)19-13-14-26-24(25)28-19/h7,10-11,13-16,20H,4-6,8-9,12H2,1-3H3,(H,27,31)(H2,25,26,28). The molecule has 1 aliphatic heterocycles. The summed E-state index contributed by atoms with van der Waals surface area (Å²) in [5, 5.41) is 0. The molecule has 31 heavy (non-hydrogen) atoms. The summed E-state index contributed by atoms with van der Waals surface area (Å²) >= 11 is 0. The largest absolute Gasteiger partial charge is 0.368 e. The van der Waals surface area contributed by atoms with E-state index in [1.54, 1.807) is 12.3 Å². The number of aromatic amines is 1. The van der Waals surface area contributed by atoms with E-state index in [2.05, 4.69) is 46.7 Å². The van der Waals surface area contributed by atoms with Gasteiger partial charge in [-0.1, -0.05) is 38.3 Å². The highest BCUT2D eigenvalue weighted by Gasteiger charge is 2.32. The lowest BCUT2D eigenvalue weighted by Crippen LogP contribution is -2.46. The topological polar surface area (TPSA) is 101 Å². The van der Waals surface area contributed by atoms with Gasteiger partial charge in [0.1, 0.15) is 0 Å². The maximum Gasteiger partial charge on any atom is 0.276 e. The number of unbranched alkanes of at least 4 members (excludes halogenated alkanes) is 1. The van der Waals surface area contributed by atoms with Crippen molar-refractivity contribution < 1.29 is 0 Å². The monoisotopic (exact) mass is 420 g/mol. The molecule has 7 heteroatoms. The highest BCUT2D eigenvalue weighted by molar-refractivity contribution is 5.80. The number of anilines is 1. The van der Waals surface area contributed by atoms with Crippen molar-refractivity contribution in [1.82, 2.24) is 24.8 Å². The van der Waals surface area contributed by atoms with E-state index in [1.807, 2.05) is 12.1 Å². The summed E-state index contributed by atoms with van der Waals surface area (Å²) in [6, 6.07) is 9.08. The fourth-order valence-electron chi connectivity index (χ4n) is 5.00. The lowest BCUT2D eigenvalue weighted by atomic mass is 9.89. The van der Waals surface area contributed by atoms with Gasteiger partial charge in [0.05, 0.1) is 16.7 Å². The number of para-hydroxylation sites is 1. The molecule has 3 unspecified atom stereocenters. The Hall–Kier alpha value is -2.80. The van der Waals surface area contributed by atoms with Crippen LogP contribution in [-0.4, -0.2) is 36.9 Å². The average molecular weight is 421 g/mol. The van der Waals surface area contributed by atoms with Gasteiger partial charge in [0.15, 0.2) is 5.69 Å². The molecule has 4 rings (SSSR count). The first-order valence-corrected chi connectivity index (χ1v) is 11.4. The van der Waals surface area contributed by atoms with Crippen molar-refractivity contribution in [2.75, 3.05) is 5.73 Å². The molecular formula is C24H32N6O. The third-order valence-corrected chi connectivity index (χ3v) is 6.48. The predicted molar refractivity (Wildman–Crippen MR) is 125 cm³/mol. The second-order valence-electron chi connectivity index (χ2n) is 8.69. The summed E-state index contributed by atoms with van der Waals surface area (Å²) in [5.41, 5.74) is 8.96. The molecule has 3 heterocycles. The molecule has 1 saturated heterocycles. The van der Waals surface area contributed by atoms with Crippen LogP contribution >= 0.6 is 0 Å². The third kappa shape index (κ3) is 4.32. The fraction of sp³-hybridized carbons (Fsp3) is 0.500. The molecule has 2 aromatic heterocycles. The molecule has 164 valence electrons. The van der Waals surface area contributed by atoms with E-state index in [9.17, 15) is 4.79 Å². The molecule has 0 saturated carbocycles. The van der Waals surface area contributed by atoms with E-state index < -0.39 is 0 Å². The van der Waals surface area contributed by atoms with Crippen LogP contribution in [-0.2, 0) is 0 Å². The minimum Gasteiger partial charge on any atom is -0.368 e. The number of piperidine rings is 1. The van der Waals surface area contributed by atoms with Crippen LogP contribution < -0.4 is 11.3 Å². The number of benzene rings is 1. The third-order valence-electron chi connectivity index (χ3n) is 6.48. The van der Waals surface area contributed by atoms with Crippen LogP contribution in [0.15, 0.2) is 35.3 Å². The highest BCUT2D eigenvalue weighted by atomic mass is 16.1. The van der Waals surface area contributed by atoms with Crippen molar-refractivity contribution in [3.63, 3.8) is 0 Å². The van der Waals surface area contributed by atoms with Crippen molar-refractivity contribution in [3.8, 4) is 11.4 Å². The average Bonchev–Trinajstić information content (AvgIpc) is 2.75. The van der Waals surface area contributed by atoms with Gasteiger partial charge in [-0.05, 0) is 50.8 Å². The molecule has 3 atom stereocenters. The van der Waals surface area contributed by atoms with Crippen LogP contribution in [0.2, 0.25) is 0 Å². The van der Waals surface area contributed by atoms with Crippen molar-refractivity contribution in [1.29, 1.82) is 0 Å². The van der Waals surface area contributed by atoms with Crippen LogP contribution in [0.25, 0.3) is 22.4 Å². The number of aromatic nitrogens is 4. The lowest BCUT2D eigenvalue weighted by Gasteiger charge is -2.44. The minimum atomic E-state index is -0.271. The number of nitrogens with zero attached hydrogens (tertiary/aromatic N) is 4. The Balaban J connectivity index is 1.88. The van der Waals surface area contributed by atoms with Gasteiger partial charge in [0.2, 0.25) is 5.95 Å². The quantitative estimate of drug-likeness (QED) is 0.611. The van der Waals surface area contributed by atoms with Crippen LogP contribution in [0.4, 0.5) is 5.95 Å². The highest BCUT2D eigenvalue weighted by Crippen LogP contribution is 2.37. The molecule has 0 spiro atoms. The first-order valence-electron chi connectivity index (χ1n) is 11.4. The zero-order valence-electron chi connectivity index (χ0n) is 18.6. The summed E-state index contributed by atoms with van der Waals surface area (Å²) in [7, 11) is 0. The zero-order valence-corrected chi connectivity index (χ0v) is 18.6. The van der Waals surface area contributed by atoms with Gasteiger partial charge in [-0.15, -0.1) is 0 Å². The molecule has 0 radical (unpaired) electrons. The minimum absolute atomic E-state index is 0.129. The molecule has 1 aromatic carbocycles. The van der Waals surface area contributed by atoms with Crippen LogP contribution in [0.3, 0.4) is 0 Å². The molecular weight excluding hydrogens is 388 g/mol. The Bertz CT molecular complexity index is 1100. The SMILES string of the molecule is CCCCC(c1cccc2[nH]c(=O)c(-c3ccnc(N)n3)nc12)N1C(C)CCCC1C. The van der Waals surface area contributed by atoms with Gasteiger partial charge < -0.3 is 10.7 Å². The van der Waals surface area contributed by atoms with Gasteiger partial charge >= 0.3 is 0 Å². The van der Waals surface area contributed by atoms with E-state index in [-0.39, 0.29) is 23.2 Å². The molecule has 1 aliphatic rings. The number of H-pyrrole nitrogens is 1. The number of rotatable bonds is 6. The number of likely N-dealkylation sites (tertiary alicyclic amines) is 1.